The van der Waals surface area contributed by atoms with Crippen LogP contribution in [0.4, 0.5) is 5.69 Å². The molecule has 3 aromatic rings. The molecule has 230 valence electrons. The van der Waals surface area contributed by atoms with E-state index in [0.29, 0.717) is 29.3 Å². The maximum Gasteiger partial charge on any atom is 0.255 e. The molecule has 1 aliphatic heterocycles. The Kier molecular flexibility index (Phi) is 9.37. The van der Waals surface area contributed by atoms with Crippen molar-refractivity contribution < 1.29 is 22.7 Å². The van der Waals surface area contributed by atoms with Gasteiger partial charge in [-0.05, 0) is 81.8 Å². The van der Waals surface area contributed by atoms with Gasteiger partial charge in [-0.1, -0.05) is 49.1 Å². The van der Waals surface area contributed by atoms with Crippen molar-refractivity contribution in [2.75, 3.05) is 19.5 Å². The molecule has 0 radical (unpaired) electrons. The van der Waals surface area contributed by atoms with Crippen LogP contribution in [0.5, 0.6) is 11.5 Å². The first-order valence-corrected chi connectivity index (χ1v) is 16.6. The first kappa shape index (κ1) is 31.3. The Hall–Kier alpha value is -3.11. The van der Waals surface area contributed by atoms with Gasteiger partial charge in [0.1, 0.15) is 22.0 Å². The molecule has 43 heavy (non-hydrogen) atoms. The summed E-state index contributed by atoms with van der Waals surface area (Å²) < 4.78 is 41.5. The number of nitrogens with one attached hydrogen (secondary N) is 2. The average molecular weight is 626 g/mol. The van der Waals surface area contributed by atoms with Gasteiger partial charge < -0.3 is 14.8 Å². The molecule has 2 N–H and O–H groups in total. The molecule has 2 aliphatic rings. The minimum Gasteiger partial charge on any atom is -0.495 e. The van der Waals surface area contributed by atoms with E-state index in [1.807, 2.05) is 38.1 Å². The molecular formula is C33H40ClN3O5S. The number of halogens is 1. The highest BCUT2D eigenvalue weighted by atomic mass is 35.5. The number of nitrogens with zero attached hydrogens (tertiary/aromatic N) is 1. The molecule has 1 saturated carbocycles. The number of anilines is 1. The molecule has 3 aromatic carbocycles. The number of rotatable bonds is 9. The fourth-order valence-electron chi connectivity index (χ4n) is 6.11. The standard InChI is InChI=1S/C33H40ClN3O5S/c1-33(2)20-28(36-43(39,40)31-19-24(34)15-17-30(31)41-4)26-18-22(14-16-29(26)42-33)32(38)35-27-13-9-8-10-23(27)21-37(3)25-11-6-5-7-12-25/h8-10,13-19,25,28,36H,5-7,11-12,20-21H2,1-4H3,(H,35,38)/t28-/m0/s1. The summed E-state index contributed by atoms with van der Waals surface area (Å²) in [5.41, 5.74) is 2.15. The van der Waals surface area contributed by atoms with Crippen molar-refractivity contribution in [3.05, 3.63) is 82.4 Å². The van der Waals surface area contributed by atoms with Crippen molar-refractivity contribution in [2.24, 2.45) is 0 Å². The van der Waals surface area contributed by atoms with E-state index in [-0.39, 0.29) is 21.6 Å². The molecule has 0 spiro atoms. The van der Waals surface area contributed by atoms with Crippen LogP contribution in [-0.2, 0) is 16.6 Å². The summed E-state index contributed by atoms with van der Waals surface area (Å²) in [6, 6.07) is 17.4. The Morgan fingerprint density at radius 1 is 1.07 bits per heavy atom. The molecule has 0 saturated heterocycles. The second kappa shape index (κ2) is 12.9. The molecule has 8 nitrogen and oxygen atoms in total. The Balaban J connectivity index is 1.39. The van der Waals surface area contributed by atoms with Crippen molar-refractivity contribution in [1.29, 1.82) is 0 Å². The first-order valence-electron chi connectivity index (χ1n) is 14.7. The summed E-state index contributed by atoms with van der Waals surface area (Å²) in [4.78, 5) is 15.9. The predicted octanol–water partition coefficient (Wildman–Crippen LogP) is 6.95. The summed E-state index contributed by atoms with van der Waals surface area (Å²) in [5.74, 6) is 0.427. The van der Waals surface area contributed by atoms with Gasteiger partial charge in [0.15, 0.2) is 0 Å². The SMILES string of the molecule is COc1ccc(Cl)cc1S(=O)(=O)N[C@H]1CC(C)(C)Oc2ccc(C(=O)Nc3ccccc3CN(C)C3CCCCC3)cc21. The van der Waals surface area contributed by atoms with Crippen LogP contribution in [0.1, 0.15) is 79.9 Å². The highest BCUT2D eigenvalue weighted by Gasteiger charge is 2.37. The maximum atomic E-state index is 13.6. The van der Waals surface area contributed by atoms with E-state index in [9.17, 15) is 13.2 Å². The molecule has 1 aliphatic carbocycles. The van der Waals surface area contributed by atoms with Crippen LogP contribution in [0.2, 0.25) is 5.02 Å². The molecule has 0 bridgehead atoms. The molecule has 1 atom stereocenters. The van der Waals surface area contributed by atoms with Gasteiger partial charge in [0, 0.05) is 40.8 Å². The number of carbonyl (C=O) groups is 1. The van der Waals surface area contributed by atoms with E-state index in [2.05, 4.69) is 22.0 Å². The van der Waals surface area contributed by atoms with E-state index < -0.39 is 21.7 Å². The zero-order valence-corrected chi connectivity index (χ0v) is 26.7. The molecular weight excluding hydrogens is 586 g/mol. The lowest BCUT2D eigenvalue weighted by Gasteiger charge is -2.38. The number of ether oxygens (including phenoxy) is 2. The van der Waals surface area contributed by atoms with Gasteiger partial charge in [0.05, 0.1) is 13.2 Å². The largest absolute Gasteiger partial charge is 0.495 e. The summed E-state index contributed by atoms with van der Waals surface area (Å²) in [6.07, 6.45) is 6.58. The maximum absolute atomic E-state index is 13.6. The van der Waals surface area contributed by atoms with Crippen LogP contribution >= 0.6 is 11.6 Å². The Morgan fingerprint density at radius 2 is 1.81 bits per heavy atom. The quantitative estimate of drug-likeness (QED) is 0.267. The molecule has 1 fully saturated rings. The number of carbonyl (C=O) groups excluding carboxylic acids is 1. The average Bonchev–Trinajstić information content (AvgIpc) is 2.97. The van der Waals surface area contributed by atoms with Crippen LogP contribution in [0, 0.1) is 0 Å². The lowest BCUT2D eigenvalue weighted by atomic mass is 9.89. The Bertz CT molecular complexity index is 1590. The molecule has 1 amide bonds. The van der Waals surface area contributed by atoms with Gasteiger partial charge >= 0.3 is 0 Å². The van der Waals surface area contributed by atoms with Crippen molar-refractivity contribution >= 4 is 33.2 Å². The number of hydrogen-bond acceptors (Lipinski definition) is 6. The van der Waals surface area contributed by atoms with E-state index >= 15 is 0 Å². The minimum atomic E-state index is -4.05. The monoisotopic (exact) mass is 625 g/mol. The smallest absolute Gasteiger partial charge is 0.255 e. The number of methoxy groups -OCH3 is 1. The highest BCUT2D eigenvalue weighted by Crippen LogP contribution is 2.41. The van der Waals surface area contributed by atoms with Crippen LogP contribution in [0.15, 0.2) is 65.6 Å². The van der Waals surface area contributed by atoms with Crippen LogP contribution in [0.3, 0.4) is 0 Å². The lowest BCUT2D eigenvalue weighted by molar-refractivity contribution is 0.0701. The third-order valence-electron chi connectivity index (χ3n) is 8.33. The molecule has 5 rings (SSSR count). The van der Waals surface area contributed by atoms with Crippen LogP contribution < -0.4 is 19.5 Å². The second-order valence-electron chi connectivity index (χ2n) is 12.1. The van der Waals surface area contributed by atoms with Crippen molar-refractivity contribution in [3.63, 3.8) is 0 Å². The third kappa shape index (κ3) is 7.34. The van der Waals surface area contributed by atoms with Gasteiger partial charge in [0.25, 0.3) is 5.91 Å². The number of benzene rings is 3. The predicted molar refractivity (Wildman–Crippen MR) is 170 cm³/mol. The fraction of sp³-hybridized carbons (Fsp3) is 0.424. The highest BCUT2D eigenvalue weighted by molar-refractivity contribution is 7.89. The van der Waals surface area contributed by atoms with Crippen molar-refractivity contribution in [3.8, 4) is 11.5 Å². The molecule has 1 heterocycles. The van der Waals surface area contributed by atoms with Gasteiger partial charge in [-0.2, -0.15) is 0 Å². The van der Waals surface area contributed by atoms with E-state index in [1.165, 1.54) is 51.3 Å². The second-order valence-corrected chi connectivity index (χ2v) is 14.2. The number of sulfonamides is 1. The summed E-state index contributed by atoms with van der Waals surface area (Å²) >= 11 is 6.13. The minimum absolute atomic E-state index is 0.0583. The molecule has 0 aromatic heterocycles. The fourth-order valence-corrected chi connectivity index (χ4v) is 7.75. The zero-order chi connectivity index (χ0) is 30.8. The van der Waals surface area contributed by atoms with Crippen LogP contribution in [0.25, 0.3) is 0 Å². The summed E-state index contributed by atoms with van der Waals surface area (Å²) in [7, 11) is -0.485. The summed E-state index contributed by atoms with van der Waals surface area (Å²) in [6.45, 7) is 4.54. The number of hydrogen-bond donors (Lipinski definition) is 2. The van der Waals surface area contributed by atoms with Crippen molar-refractivity contribution in [1.82, 2.24) is 9.62 Å². The van der Waals surface area contributed by atoms with Crippen LogP contribution in [-0.4, -0.2) is 45.0 Å². The van der Waals surface area contributed by atoms with E-state index in [4.69, 9.17) is 21.1 Å². The normalized spacial score (nSPS) is 18.5. The Labute approximate surface area is 259 Å². The molecule has 10 heteroatoms. The lowest BCUT2D eigenvalue weighted by Crippen LogP contribution is -2.41. The zero-order valence-electron chi connectivity index (χ0n) is 25.2. The number of para-hydroxylation sites is 1. The van der Waals surface area contributed by atoms with Gasteiger partial charge in [-0.15, -0.1) is 0 Å². The van der Waals surface area contributed by atoms with E-state index in [1.54, 1.807) is 24.3 Å². The van der Waals surface area contributed by atoms with E-state index in [0.717, 1.165) is 17.8 Å². The Morgan fingerprint density at radius 3 is 2.56 bits per heavy atom. The number of amides is 1. The molecule has 0 unspecified atom stereocenters. The van der Waals surface area contributed by atoms with Gasteiger partial charge in [-0.3, -0.25) is 9.69 Å². The number of fused-ring (bicyclic) bond motifs is 1. The van der Waals surface area contributed by atoms with Gasteiger partial charge in [0.2, 0.25) is 10.0 Å². The first-order chi connectivity index (χ1) is 20.5. The van der Waals surface area contributed by atoms with Gasteiger partial charge in [-0.25, -0.2) is 13.1 Å². The summed E-state index contributed by atoms with van der Waals surface area (Å²) in [5, 5.41) is 3.37. The third-order valence-corrected chi connectivity index (χ3v) is 10.1. The van der Waals surface area contributed by atoms with Crippen molar-refractivity contribution in [2.45, 2.75) is 81.5 Å². The topological polar surface area (TPSA) is 97.0 Å².